The van der Waals surface area contributed by atoms with E-state index in [0.29, 0.717) is 12.3 Å². The van der Waals surface area contributed by atoms with Gasteiger partial charge in [0.1, 0.15) is 6.61 Å². The van der Waals surface area contributed by atoms with E-state index in [0.717, 1.165) is 0 Å². The highest BCUT2D eigenvalue weighted by Gasteiger charge is 2.50. The van der Waals surface area contributed by atoms with Crippen molar-refractivity contribution in [2.24, 2.45) is 11.8 Å². The first kappa shape index (κ1) is 27.3. The smallest absolute Gasteiger partial charge is 0.407 e. The maximum Gasteiger partial charge on any atom is 0.407 e. The van der Waals surface area contributed by atoms with Crippen molar-refractivity contribution >= 4 is 49.2 Å². The minimum absolute atomic E-state index is 0.0437. The molecule has 0 aliphatic carbocycles. The highest BCUT2D eigenvalue weighted by Crippen LogP contribution is 2.46. The first-order valence-electron chi connectivity index (χ1n) is 10.0. The number of aliphatic hydroxyl groups is 1. The minimum atomic E-state index is -2.28. The predicted octanol–water partition coefficient (Wildman–Crippen LogP) is 5.24. The number of rotatable bonds is 7. The molecule has 0 aromatic rings. The number of hydrogen-bond donors (Lipinski definition) is 2. The number of ether oxygens (including phenoxy) is 2. The van der Waals surface area contributed by atoms with Gasteiger partial charge in [-0.1, -0.05) is 76.3 Å². The lowest BCUT2D eigenvalue weighted by atomic mass is 9.88. The third-order valence-corrected chi connectivity index (χ3v) is 11.4. The van der Waals surface area contributed by atoms with Crippen LogP contribution in [-0.4, -0.2) is 54.5 Å². The van der Waals surface area contributed by atoms with Gasteiger partial charge in [0.25, 0.3) is 0 Å². The second kappa shape index (κ2) is 10.2. The number of carbonyl (C=O) groups is 1. The van der Waals surface area contributed by atoms with Crippen molar-refractivity contribution in [3.63, 3.8) is 0 Å². The topological polar surface area (TPSA) is 77.0 Å². The Bertz CT molecular complexity index is 556. The molecule has 1 amide bonds. The Balaban J connectivity index is 3.06. The molecule has 1 aliphatic rings. The van der Waals surface area contributed by atoms with E-state index >= 15 is 0 Å². The lowest BCUT2D eigenvalue weighted by molar-refractivity contribution is -0.223. The summed E-state index contributed by atoms with van der Waals surface area (Å²) >= 11 is 16.9. The van der Waals surface area contributed by atoms with Gasteiger partial charge >= 0.3 is 6.09 Å². The number of amides is 1. The molecular formula is C19H36Cl3NO5Si. The van der Waals surface area contributed by atoms with Crippen LogP contribution in [0.15, 0.2) is 0 Å². The van der Waals surface area contributed by atoms with Gasteiger partial charge in [0.2, 0.25) is 3.79 Å². The molecule has 5 atom stereocenters. The third kappa shape index (κ3) is 7.12. The van der Waals surface area contributed by atoms with E-state index < -0.39 is 43.2 Å². The molecule has 29 heavy (non-hydrogen) atoms. The van der Waals surface area contributed by atoms with E-state index in [1.54, 1.807) is 0 Å². The standard InChI is InChI=1S/C19H36Cl3NO5Si/c1-9-13-15(24)12(4)14(23-17(25)26-10-19(20,21)22)16(27-13)28-29(7,8)18(5,6)11(2)3/h11-16,24H,9-10H2,1-8H3,(H,23,25)/t12-,13?,14?,15+,16+/m1/s1. The second-order valence-corrected chi connectivity index (χ2v) is 16.2. The van der Waals surface area contributed by atoms with Crippen LogP contribution in [0.25, 0.3) is 0 Å². The monoisotopic (exact) mass is 491 g/mol. The summed E-state index contributed by atoms with van der Waals surface area (Å²) in [6, 6.07) is -0.606. The first-order chi connectivity index (χ1) is 13.0. The van der Waals surface area contributed by atoms with Crippen molar-refractivity contribution in [2.75, 3.05) is 6.61 Å². The van der Waals surface area contributed by atoms with E-state index in [4.69, 9.17) is 48.7 Å². The molecule has 0 saturated carbocycles. The molecule has 0 radical (unpaired) electrons. The number of hydrogen-bond acceptors (Lipinski definition) is 5. The van der Waals surface area contributed by atoms with Crippen molar-refractivity contribution in [1.82, 2.24) is 5.32 Å². The van der Waals surface area contributed by atoms with Crippen LogP contribution in [-0.2, 0) is 13.9 Å². The molecule has 1 heterocycles. The first-order valence-corrected chi connectivity index (χ1v) is 14.1. The number of carbonyl (C=O) groups excluding carboxylic acids is 1. The summed E-state index contributed by atoms with van der Waals surface area (Å²) in [5, 5.41) is 13.3. The Morgan fingerprint density at radius 1 is 1.28 bits per heavy atom. The second-order valence-electron chi connectivity index (χ2n) is 9.17. The van der Waals surface area contributed by atoms with Gasteiger partial charge < -0.3 is 24.3 Å². The maximum atomic E-state index is 12.3. The van der Waals surface area contributed by atoms with Crippen molar-refractivity contribution in [1.29, 1.82) is 0 Å². The van der Waals surface area contributed by atoms with E-state index in [-0.39, 0.29) is 17.1 Å². The molecular weight excluding hydrogens is 457 g/mol. The van der Waals surface area contributed by atoms with Gasteiger partial charge in [-0.15, -0.1) is 0 Å². The van der Waals surface area contributed by atoms with E-state index in [9.17, 15) is 9.90 Å². The maximum absolute atomic E-state index is 12.3. The van der Waals surface area contributed by atoms with E-state index in [1.165, 1.54) is 0 Å². The summed E-state index contributed by atoms with van der Waals surface area (Å²) in [7, 11) is -2.28. The minimum Gasteiger partial charge on any atom is -0.445 e. The number of halogens is 3. The van der Waals surface area contributed by atoms with Crippen molar-refractivity contribution in [3.05, 3.63) is 0 Å². The Morgan fingerprint density at radius 2 is 1.83 bits per heavy atom. The quantitative estimate of drug-likeness (QED) is 0.375. The van der Waals surface area contributed by atoms with Crippen LogP contribution >= 0.6 is 34.8 Å². The summed E-state index contributed by atoms with van der Waals surface area (Å²) < 4.78 is 16.0. The van der Waals surface area contributed by atoms with Crippen LogP contribution < -0.4 is 5.32 Å². The fourth-order valence-corrected chi connectivity index (χ4v) is 5.88. The Hall–Kier alpha value is 0.237. The van der Waals surface area contributed by atoms with Gasteiger partial charge in [-0.05, 0) is 30.5 Å². The normalized spacial score (nSPS) is 29.1. The van der Waals surface area contributed by atoms with Gasteiger partial charge in [-0.2, -0.15) is 0 Å². The van der Waals surface area contributed by atoms with Gasteiger partial charge in [-0.25, -0.2) is 4.79 Å². The average molecular weight is 493 g/mol. The fourth-order valence-electron chi connectivity index (χ4n) is 3.24. The van der Waals surface area contributed by atoms with Crippen LogP contribution in [0.4, 0.5) is 4.79 Å². The van der Waals surface area contributed by atoms with E-state index in [2.05, 4.69) is 46.1 Å². The van der Waals surface area contributed by atoms with Crippen LogP contribution in [0.2, 0.25) is 18.1 Å². The Morgan fingerprint density at radius 3 is 2.28 bits per heavy atom. The van der Waals surface area contributed by atoms with Gasteiger partial charge in [0, 0.05) is 5.92 Å². The summed E-state index contributed by atoms with van der Waals surface area (Å²) in [6.45, 7) is 16.4. The number of aliphatic hydroxyl groups excluding tert-OH is 1. The Labute approximate surface area is 191 Å². The third-order valence-electron chi connectivity index (χ3n) is 6.55. The summed E-state index contributed by atoms with van der Waals surface area (Å²) in [4.78, 5) is 12.3. The molecule has 2 N–H and O–H groups in total. The highest BCUT2D eigenvalue weighted by molar-refractivity contribution is 6.74. The zero-order valence-corrected chi connectivity index (χ0v) is 21.9. The van der Waals surface area contributed by atoms with Gasteiger partial charge in [-0.3, -0.25) is 0 Å². The summed E-state index contributed by atoms with van der Waals surface area (Å²) in [5.74, 6) is 0.0874. The lowest BCUT2D eigenvalue weighted by Gasteiger charge is -2.49. The molecule has 172 valence electrons. The molecule has 0 bridgehead atoms. The number of nitrogens with one attached hydrogen (secondary N) is 1. The SMILES string of the molecule is CCC1O[C@@H](O[Si](C)(C)C(C)(C)C(C)C)C(NC(=O)OCC(Cl)(Cl)Cl)[C@@H](C)[C@@H]1O. The van der Waals surface area contributed by atoms with Crippen LogP contribution in [0.1, 0.15) is 48.0 Å². The number of alkyl carbamates (subject to hydrolysis) is 1. The van der Waals surface area contributed by atoms with Crippen molar-refractivity contribution < 1.29 is 23.8 Å². The summed E-state index contributed by atoms with van der Waals surface area (Å²) in [5.41, 5.74) is 0. The largest absolute Gasteiger partial charge is 0.445 e. The lowest BCUT2D eigenvalue weighted by Crippen LogP contribution is -2.63. The van der Waals surface area contributed by atoms with E-state index in [1.807, 2.05) is 13.8 Å². The zero-order chi connectivity index (χ0) is 22.8. The van der Waals surface area contributed by atoms with Crippen molar-refractivity contribution in [2.45, 2.75) is 94.4 Å². The zero-order valence-electron chi connectivity index (χ0n) is 18.6. The van der Waals surface area contributed by atoms with Crippen LogP contribution in [0.5, 0.6) is 0 Å². The molecule has 1 saturated heterocycles. The Kier molecular flexibility index (Phi) is 9.63. The van der Waals surface area contributed by atoms with Crippen LogP contribution in [0, 0.1) is 11.8 Å². The number of alkyl halides is 3. The van der Waals surface area contributed by atoms with Crippen LogP contribution in [0.3, 0.4) is 0 Å². The van der Waals surface area contributed by atoms with Crippen molar-refractivity contribution in [3.8, 4) is 0 Å². The molecule has 10 heteroatoms. The average Bonchev–Trinajstić information content (AvgIpc) is 2.58. The fraction of sp³-hybridized carbons (Fsp3) is 0.947. The highest BCUT2D eigenvalue weighted by atomic mass is 35.6. The molecule has 0 spiro atoms. The molecule has 2 unspecified atom stereocenters. The van der Waals surface area contributed by atoms with Gasteiger partial charge in [0.05, 0.1) is 18.2 Å². The predicted molar refractivity (Wildman–Crippen MR) is 120 cm³/mol. The molecule has 0 aromatic heterocycles. The molecule has 0 aromatic carbocycles. The van der Waals surface area contributed by atoms with Gasteiger partial charge in [0.15, 0.2) is 14.6 Å². The molecule has 1 rings (SSSR count). The summed E-state index contributed by atoms with van der Waals surface area (Å²) in [6.07, 6.45) is -1.96. The molecule has 1 aliphatic heterocycles. The molecule has 6 nitrogen and oxygen atoms in total. The molecule has 1 fully saturated rings.